The van der Waals surface area contributed by atoms with Crippen LogP contribution in [0.3, 0.4) is 0 Å². The van der Waals surface area contributed by atoms with Gasteiger partial charge in [0.25, 0.3) is 0 Å². The van der Waals surface area contributed by atoms with E-state index < -0.39 is 23.2 Å². The van der Waals surface area contributed by atoms with E-state index in [1.54, 1.807) is 7.11 Å². The number of benzene rings is 1. The Morgan fingerprint density at radius 1 is 1.32 bits per heavy atom. The Kier molecular flexibility index (Phi) is 5.11. The third kappa shape index (κ3) is 3.30. The molecule has 3 fully saturated rings. The summed E-state index contributed by atoms with van der Waals surface area (Å²) in [6.07, 6.45) is 4.34. The molecular weight excluding hydrogens is 392 g/mol. The summed E-state index contributed by atoms with van der Waals surface area (Å²) < 4.78 is 5.52. The topological polar surface area (TPSA) is 82.0 Å². The summed E-state index contributed by atoms with van der Waals surface area (Å²) in [5.74, 6) is 1.32. The number of aliphatic hydroxyl groups is 2. The molecule has 1 unspecified atom stereocenters. The first-order valence-corrected chi connectivity index (χ1v) is 11.9. The molecule has 1 saturated heterocycles. The summed E-state index contributed by atoms with van der Waals surface area (Å²) >= 11 is 0. The largest absolute Gasteiger partial charge is 0.497 e. The predicted octanol–water partition coefficient (Wildman–Crippen LogP) is 2.00. The van der Waals surface area contributed by atoms with E-state index in [9.17, 15) is 15.0 Å². The fourth-order valence-electron chi connectivity index (χ4n) is 6.55. The number of hydrogen-bond donors (Lipinski definition) is 3. The number of ether oxygens (including phenoxy) is 1. The molecule has 0 aromatic heterocycles. The zero-order chi connectivity index (χ0) is 22.0. The summed E-state index contributed by atoms with van der Waals surface area (Å²) in [5, 5.41) is 26.7. The molecule has 31 heavy (non-hydrogen) atoms. The van der Waals surface area contributed by atoms with Gasteiger partial charge in [0.15, 0.2) is 0 Å². The van der Waals surface area contributed by atoms with Crippen molar-refractivity contribution in [3.63, 3.8) is 0 Å². The van der Waals surface area contributed by atoms with Crippen LogP contribution in [0.15, 0.2) is 18.2 Å². The van der Waals surface area contributed by atoms with Gasteiger partial charge in [-0.2, -0.15) is 0 Å². The first-order valence-electron chi connectivity index (χ1n) is 11.9. The van der Waals surface area contributed by atoms with Gasteiger partial charge in [0.2, 0.25) is 5.91 Å². The normalized spacial score (nSPS) is 37.2. The highest BCUT2D eigenvalue weighted by molar-refractivity contribution is 5.78. The molecule has 2 bridgehead atoms. The quantitative estimate of drug-likeness (QED) is 0.668. The Bertz CT molecular complexity index is 869. The Labute approximate surface area is 185 Å². The third-order valence-electron chi connectivity index (χ3n) is 8.49. The monoisotopic (exact) mass is 428 g/mol. The van der Waals surface area contributed by atoms with Crippen LogP contribution in [-0.4, -0.2) is 65.0 Å². The number of nitrogens with one attached hydrogen (secondary N) is 1. The lowest BCUT2D eigenvalue weighted by atomic mass is 9.48. The van der Waals surface area contributed by atoms with Crippen molar-refractivity contribution in [3.8, 4) is 5.75 Å². The van der Waals surface area contributed by atoms with Gasteiger partial charge < -0.3 is 20.3 Å². The average molecular weight is 429 g/mol. The number of rotatable bonds is 5. The Hall–Kier alpha value is -1.63. The lowest BCUT2D eigenvalue weighted by Crippen LogP contribution is -2.76. The molecular formula is C25H36N2O4. The SMILES string of the molecule is COc1ccc2c(c1)[C@]13CCN(CC4CC4)[C@H](C2)[C@]1(O)C[C@H](NC(=O)C(C)C)C(O)C3. The van der Waals surface area contributed by atoms with Crippen LogP contribution in [0.5, 0.6) is 5.75 Å². The van der Waals surface area contributed by atoms with Gasteiger partial charge in [-0.25, -0.2) is 0 Å². The second kappa shape index (κ2) is 7.46. The van der Waals surface area contributed by atoms with Crippen molar-refractivity contribution in [2.75, 3.05) is 20.2 Å². The van der Waals surface area contributed by atoms with Gasteiger partial charge in [-0.05, 0) is 67.8 Å². The van der Waals surface area contributed by atoms with Crippen molar-refractivity contribution in [2.24, 2.45) is 11.8 Å². The van der Waals surface area contributed by atoms with Crippen LogP contribution in [0.25, 0.3) is 0 Å². The van der Waals surface area contributed by atoms with E-state index in [1.807, 2.05) is 19.9 Å². The summed E-state index contributed by atoms with van der Waals surface area (Å²) in [5.41, 5.74) is 0.878. The molecule has 0 radical (unpaired) electrons. The van der Waals surface area contributed by atoms with Crippen LogP contribution >= 0.6 is 0 Å². The molecule has 3 N–H and O–H groups in total. The van der Waals surface area contributed by atoms with Gasteiger partial charge in [-0.15, -0.1) is 0 Å². The molecule has 5 atom stereocenters. The van der Waals surface area contributed by atoms with Crippen molar-refractivity contribution in [1.29, 1.82) is 0 Å². The van der Waals surface area contributed by atoms with Gasteiger partial charge in [0.05, 0.1) is 24.9 Å². The van der Waals surface area contributed by atoms with E-state index in [0.29, 0.717) is 12.8 Å². The number of carbonyl (C=O) groups excluding carboxylic acids is 1. The lowest BCUT2D eigenvalue weighted by molar-refractivity contribution is -0.190. The fraction of sp³-hybridized carbons (Fsp3) is 0.720. The molecule has 0 spiro atoms. The smallest absolute Gasteiger partial charge is 0.222 e. The molecule has 6 heteroatoms. The summed E-state index contributed by atoms with van der Waals surface area (Å²) in [6.45, 7) is 5.70. The number of amides is 1. The lowest BCUT2D eigenvalue weighted by Gasteiger charge is -2.65. The summed E-state index contributed by atoms with van der Waals surface area (Å²) in [7, 11) is 1.67. The van der Waals surface area contributed by atoms with E-state index in [0.717, 1.165) is 43.2 Å². The number of carbonyl (C=O) groups is 1. The standard InChI is InChI=1S/C25H36N2O4/c1-15(2)23(29)26-20-12-25(30)22-10-17-6-7-18(31-3)11-19(17)24(25,13-21(20)28)8-9-27(22)14-16-4-5-16/h6-7,11,15-16,20-22,28,30H,4-5,8-10,12-14H2,1-3H3,(H,26,29)/t20-,21?,22+,24+,25+/m0/s1. The molecule has 1 amide bonds. The minimum absolute atomic E-state index is 0.00805. The van der Waals surface area contributed by atoms with Gasteiger partial charge in [0, 0.05) is 30.3 Å². The maximum Gasteiger partial charge on any atom is 0.222 e. The summed E-state index contributed by atoms with van der Waals surface area (Å²) in [4.78, 5) is 14.9. The number of likely N-dealkylation sites (tertiary alicyclic amines) is 1. The average Bonchev–Trinajstić information content (AvgIpc) is 3.55. The van der Waals surface area contributed by atoms with Crippen LogP contribution in [0, 0.1) is 11.8 Å². The maximum atomic E-state index is 12.5. The van der Waals surface area contributed by atoms with Crippen molar-refractivity contribution < 1.29 is 19.7 Å². The van der Waals surface area contributed by atoms with Gasteiger partial charge in [-0.3, -0.25) is 9.69 Å². The molecule has 6 nitrogen and oxygen atoms in total. The number of methoxy groups -OCH3 is 1. The second-order valence-corrected chi connectivity index (χ2v) is 10.7. The maximum absolute atomic E-state index is 12.5. The van der Waals surface area contributed by atoms with Crippen LogP contribution in [0.4, 0.5) is 0 Å². The predicted molar refractivity (Wildman–Crippen MR) is 118 cm³/mol. The van der Waals surface area contributed by atoms with Crippen LogP contribution in [0.2, 0.25) is 0 Å². The highest BCUT2D eigenvalue weighted by atomic mass is 16.5. The first kappa shape index (κ1) is 21.2. The van der Waals surface area contributed by atoms with Crippen molar-refractivity contribution in [1.82, 2.24) is 10.2 Å². The molecule has 5 rings (SSSR count). The molecule has 1 aromatic rings. The highest BCUT2D eigenvalue weighted by Gasteiger charge is 2.66. The van der Waals surface area contributed by atoms with Crippen molar-refractivity contribution in [3.05, 3.63) is 29.3 Å². The molecule has 2 saturated carbocycles. The van der Waals surface area contributed by atoms with E-state index in [2.05, 4.69) is 22.3 Å². The van der Waals surface area contributed by atoms with Crippen LogP contribution in [-0.2, 0) is 16.6 Å². The van der Waals surface area contributed by atoms with Crippen LogP contribution in [0.1, 0.15) is 57.1 Å². The molecule has 1 aliphatic heterocycles. The van der Waals surface area contributed by atoms with E-state index >= 15 is 0 Å². The zero-order valence-electron chi connectivity index (χ0n) is 18.9. The van der Waals surface area contributed by atoms with Crippen molar-refractivity contribution in [2.45, 2.75) is 81.6 Å². The molecule has 3 aliphatic carbocycles. The number of fused-ring (bicyclic) bond motifs is 1. The number of piperidine rings is 1. The molecule has 1 aromatic carbocycles. The van der Waals surface area contributed by atoms with Gasteiger partial charge in [-0.1, -0.05) is 19.9 Å². The van der Waals surface area contributed by atoms with E-state index in [-0.39, 0.29) is 17.9 Å². The number of aliphatic hydroxyl groups excluding tert-OH is 1. The van der Waals surface area contributed by atoms with Gasteiger partial charge in [0.1, 0.15) is 5.75 Å². The molecule has 4 aliphatic rings. The Morgan fingerprint density at radius 2 is 2.10 bits per heavy atom. The summed E-state index contributed by atoms with van der Waals surface area (Å²) in [6, 6.07) is 5.80. The molecule has 1 heterocycles. The zero-order valence-corrected chi connectivity index (χ0v) is 18.9. The highest BCUT2D eigenvalue weighted by Crippen LogP contribution is 2.59. The van der Waals surface area contributed by atoms with Crippen molar-refractivity contribution >= 4 is 5.91 Å². The third-order valence-corrected chi connectivity index (χ3v) is 8.49. The second-order valence-electron chi connectivity index (χ2n) is 10.7. The Balaban J connectivity index is 1.56. The minimum Gasteiger partial charge on any atom is -0.497 e. The van der Waals surface area contributed by atoms with Crippen LogP contribution < -0.4 is 10.1 Å². The van der Waals surface area contributed by atoms with Gasteiger partial charge >= 0.3 is 0 Å². The number of hydrogen-bond acceptors (Lipinski definition) is 5. The van der Waals surface area contributed by atoms with E-state index in [4.69, 9.17) is 4.74 Å². The molecule has 170 valence electrons. The fourth-order valence-corrected chi connectivity index (χ4v) is 6.55. The minimum atomic E-state index is -0.992. The Morgan fingerprint density at radius 3 is 2.77 bits per heavy atom. The number of nitrogens with zero attached hydrogens (tertiary/aromatic N) is 1. The van der Waals surface area contributed by atoms with E-state index in [1.165, 1.54) is 18.4 Å². The first-order chi connectivity index (χ1) is 14.8.